The predicted molar refractivity (Wildman–Crippen MR) is 119 cm³/mol. The van der Waals surface area contributed by atoms with E-state index in [1.165, 1.54) is 12.1 Å². The zero-order valence-electron chi connectivity index (χ0n) is 17.6. The highest BCUT2D eigenvalue weighted by Crippen LogP contribution is 2.25. The van der Waals surface area contributed by atoms with Crippen LogP contribution >= 0.6 is 0 Å². The predicted octanol–water partition coefficient (Wildman–Crippen LogP) is 2.70. The minimum absolute atomic E-state index is 0.137. The molecule has 7 nitrogen and oxygen atoms in total. The molecular weight excluding hydrogens is 400 g/mol. The number of nitrogens with zero attached hydrogens (tertiary/aromatic N) is 3. The van der Waals surface area contributed by atoms with E-state index in [2.05, 4.69) is 15.4 Å². The molecule has 0 aliphatic carbocycles. The van der Waals surface area contributed by atoms with Gasteiger partial charge < -0.3 is 4.90 Å². The Hall–Kier alpha value is -2.71. The van der Waals surface area contributed by atoms with Crippen molar-refractivity contribution in [2.45, 2.75) is 31.6 Å². The van der Waals surface area contributed by atoms with Crippen molar-refractivity contribution in [1.82, 2.24) is 10.3 Å². The van der Waals surface area contributed by atoms with Crippen molar-refractivity contribution < 1.29 is 13.2 Å². The summed E-state index contributed by atoms with van der Waals surface area (Å²) in [6.07, 6.45) is 1.58. The van der Waals surface area contributed by atoms with E-state index in [4.69, 9.17) is 0 Å². The van der Waals surface area contributed by atoms with Gasteiger partial charge in [0.05, 0.1) is 10.6 Å². The van der Waals surface area contributed by atoms with Gasteiger partial charge in [0.15, 0.2) is 0 Å². The van der Waals surface area contributed by atoms with Gasteiger partial charge in [0.25, 0.3) is 15.9 Å². The zero-order valence-corrected chi connectivity index (χ0v) is 18.4. The number of carbonyl (C=O) groups excluding carboxylic acids is 1. The number of aryl methyl sites for hydroxylation is 2. The van der Waals surface area contributed by atoms with Crippen molar-refractivity contribution in [3.05, 3.63) is 59.7 Å². The van der Waals surface area contributed by atoms with Crippen LogP contribution in [0.3, 0.4) is 0 Å². The number of sulfonamides is 1. The summed E-state index contributed by atoms with van der Waals surface area (Å²) in [4.78, 5) is 15.0. The number of rotatable bonds is 6. The zero-order chi connectivity index (χ0) is 21.7. The molecule has 160 valence electrons. The van der Waals surface area contributed by atoms with Crippen molar-refractivity contribution in [3.8, 4) is 0 Å². The Morgan fingerprint density at radius 3 is 2.37 bits per heavy atom. The molecule has 0 bridgehead atoms. The second-order valence-corrected chi connectivity index (χ2v) is 9.47. The summed E-state index contributed by atoms with van der Waals surface area (Å²) in [7, 11) is -1.87. The molecule has 1 aliphatic rings. The standard InChI is InChI=1S/C22H28N4O3S/c1-17-9-10-20(15-18(17)2)26(30(28,29)21-7-5-4-6-8-21)16-22(27)24-23-19-11-13-25(3)14-12-19/h4-10,15H,11-14,16H2,1-3H3,(H,24,27). The lowest BCUT2D eigenvalue weighted by atomic mass is 10.1. The molecule has 8 heteroatoms. The fraction of sp³-hybridized carbons (Fsp3) is 0.364. The first kappa shape index (κ1) is 22.0. The summed E-state index contributed by atoms with van der Waals surface area (Å²) in [6.45, 7) is 5.31. The first-order valence-electron chi connectivity index (χ1n) is 9.95. The van der Waals surface area contributed by atoms with Crippen LogP contribution in [0.1, 0.15) is 24.0 Å². The topological polar surface area (TPSA) is 82.1 Å². The molecule has 0 radical (unpaired) electrons. The summed E-state index contributed by atoms with van der Waals surface area (Å²) in [5, 5.41) is 4.22. The lowest BCUT2D eigenvalue weighted by Gasteiger charge is -2.25. The molecule has 2 aromatic carbocycles. The smallest absolute Gasteiger partial charge is 0.264 e. The summed E-state index contributed by atoms with van der Waals surface area (Å²) in [5.74, 6) is -0.473. The Bertz CT molecular complexity index is 1030. The fourth-order valence-corrected chi connectivity index (χ4v) is 4.64. The first-order chi connectivity index (χ1) is 14.3. The van der Waals surface area contributed by atoms with Crippen LogP contribution in [0, 0.1) is 13.8 Å². The third-order valence-corrected chi connectivity index (χ3v) is 7.09. The molecule has 0 spiro atoms. The van der Waals surface area contributed by atoms with Gasteiger partial charge in [-0.2, -0.15) is 5.10 Å². The lowest BCUT2D eigenvalue weighted by molar-refractivity contribution is -0.119. The van der Waals surface area contributed by atoms with Gasteiger partial charge >= 0.3 is 0 Å². The monoisotopic (exact) mass is 428 g/mol. The Labute approximate surface area is 178 Å². The van der Waals surface area contributed by atoms with Gasteiger partial charge in [-0.25, -0.2) is 13.8 Å². The van der Waals surface area contributed by atoms with Crippen LogP contribution in [0.5, 0.6) is 0 Å². The molecule has 0 saturated carbocycles. The quantitative estimate of drug-likeness (QED) is 0.717. The molecule has 2 aromatic rings. The number of likely N-dealkylation sites (tertiary alicyclic amines) is 1. The number of amides is 1. The van der Waals surface area contributed by atoms with Crippen LogP contribution < -0.4 is 9.73 Å². The van der Waals surface area contributed by atoms with Crippen LogP contribution in [-0.2, 0) is 14.8 Å². The number of benzene rings is 2. The van der Waals surface area contributed by atoms with Crippen molar-refractivity contribution in [2.75, 3.05) is 31.0 Å². The Kier molecular flexibility index (Phi) is 6.89. The fourth-order valence-electron chi connectivity index (χ4n) is 3.21. The van der Waals surface area contributed by atoms with Gasteiger partial charge in [0.1, 0.15) is 6.54 Å². The molecule has 0 atom stereocenters. The second kappa shape index (κ2) is 9.40. The van der Waals surface area contributed by atoms with Crippen LogP contribution in [0.15, 0.2) is 58.5 Å². The van der Waals surface area contributed by atoms with E-state index in [9.17, 15) is 13.2 Å². The maximum absolute atomic E-state index is 13.3. The largest absolute Gasteiger partial charge is 0.306 e. The average molecular weight is 429 g/mol. The average Bonchev–Trinajstić information content (AvgIpc) is 2.74. The number of anilines is 1. The number of hydrazone groups is 1. The van der Waals surface area contributed by atoms with Crippen LogP contribution in [0.4, 0.5) is 5.69 Å². The molecule has 30 heavy (non-hydrogen) atoms. The molecule has 1 fully saturated rings. The van der Waals surface area contributed by atoms with E-state index in [-0.39, 0.29) is 11.4 Å². The molecule has 3 rings (SSSR count). The number of nitrogens with one attached hydrogen (secondary N) is 1. The van der Waals surface area contributed by atoms with Crippen LogP contribution in [-0.4, -0.2) is 51.6 Å². The van der Waals surface area contributed by atoms with Crippen molar-refractivity contribution in [3.63, 3.8) is 0 Å². The van der Waals surface area contributed by atoms with Gasteiger partial charge in [0.2, 0.25) is 0 Å². The van der Waals surface area contributed by atoms with Gasteiger partial charge in [-0.15, -0.1) is 0 Å². The van der Waals surface area contributed by atoms with E-state index >= 15 is 0 Å². The van der Waals surface area contributed by atoms with Crippen LogP contribution in [0.25, 0.3) is 0 Å². The Balaban J connectivity index is 1.85. The van der Waals surface area contributed by atoms with E-state index in [1.807, 2.05) is 27.0 Å². The summed E-state index contributed by atoms with van der Waals surface area (Å²) in [5.41, 5.74) is 5.91. The van der Waals surface area contributed by atoms with E-state index < -0.39 is 15.9 Å². The molecule has 1 aliphatic heterocycles. The van der Waals surface area contributed by atoms with E-state index in [0.717, 1.165) is 47.1 Å². The number of hydrogen-bond acceptors (Lipinski definition) is 5. The summed E-state index contributed by atoms with van der Waals surface area (Å²) >= 11 is 0. The summed E-state index contributed by atoms with van der Waals surface area (Å²) in [6, 6.07) is 13.5. The molecule has 0 unspecified atom stereocenters. The Morgan fingerprint density at radius 2 is 1.73 bits per heavy atom. The molecule has 1 saturated heterocycles. The number of hydrogen-bond donors (Lipinski definition) is 1. The lowest BCUT2D eigenvalue weighted by Crippen LogP contribution is -2.40. The van der Waals surface area contributed by atoms with Gasteiger partial charge in [0, 0.05) is 31.6 Å². The van der Waals surface area contributed by atoms with Crippen molar-refractivity contribution in [1.29, 1.82) is 0 Å². The third kappa shape index (κ3) is 5.25. The van der Waals surface area contributed by atoms with Crippen molar-refractivity contribution >= 4 is 27.3 Å². The highest BCUT2D eigenvalue weighted by molar-refractivity contribution is 7.92. The Morgan fingerprint density at radius 1 is 1.07 bits per heavy atom. The number of piperidine rings is 1. The van der Waals surface area contributed by atoms with E-state index in [0.29, 0.717) is 5.69 Å². The minimum Gasteiger partial charge on any atom is -0.306 e. The first-order valence-corrected chi connectivity index (χ1v) is 11.4. The molecule has 1 N–H and O–H groups in total. The highest BCUT2D eigenvalue weighted by Gasteiger charge is 2.27. The third-order valence-electron chi connectivity index (χ3n) is 5.30. The van der Waals surface area contributed by atoms with Gasteiger partial charge in [-0.1, -0.05) is 24.3 Å². The molecule has 0 aromatic heterocycles. The highest BCUT2D eigenvalue weighted by atomic mass is 32.2. The normalized spacial score (nSPS) is 15.0. The molecule has 1 amide bonds. The van der Waals surface area contributed by atoms with Gasteiger partial charge in [-0.3, -0.25) is 9.10 Å². The van der Waals surface area contributed by atoms with E-state index in [1.54, 1.807) is 30.3 Å². The minimum atomic E-state index is -3.91. The molecular formula is C22H28N4O3S. The second-order valence-electron chi connectivity index (χ2n) is 7.61. The van der Waals surface area contributed by atoms with Gasteiger partial charge in [-0.05, 0) is 56.3 Å². The maximum atomic E-state index is 13.3. The number of carbonyl (C=O) groups is 1. The summed E-state index contributed by atoms with van der Waals surface area (Å²) < 4.78 is 27.8. The van der Waals surface area contributed by atoms with Crippen LogP contribution in [0.2, 0.25) is 0 Å². The SMILES string of the molecule is Cc1ccc(N(CC(=O)NN=C2CCN(C)CC2)S(=O)(=O)c2ccccc2)cc1C. The van der Waals surface area contributed by atoms with Crippen molar-refractivity contribution in [2.24, 2.45) is 5.10 Å². The molecule has 1 heterocycles. The maximum Gasteiger partial charge on any atom is 0.264 e.